The van der Waals surface area contributed by atoms with Crippen molar-refractivity contribution in [1.29, 1.82) is 0 Å². The summed E-state index contributed by atoms with van der Waals surface area (Å²) in [6, 6.07) is 18.1. The van der Waals surface area contributed by atoms with E-state index >= 15 is 0 Å². The van der Waals surface area contributed by atoms with Crippen molar-refractivity contribution in [2.75, 3.05) is 44.2 Å². The van der Waals surface area contributed by atoms with Gasteiger partial charge in [0.2, 0.25) is 5.56 Å². The molecule has 0 aliphatic carbocycles. The summed E-state index contributed by atoms with van der Waals surface area (Å²) in [5.41, 5.74) is 2.11. The van der Waals surface area contributed by atoms with E-state index in [9.17, 15) is 4.79 Å². The van der Waals surface area contributed by atoms with E-state index in [1.807, 2.05) is 49.4 Å². The van der Waals surface area contributed by atoms with E-state index in [1.54, 1.807) is 6.07 Å². The third-order valence-corrected chi connectivity index (χ3v) is 6.90. The number of nitrogens with zero attached hydrogens (tertiary/aromatic N) is 2. The first-order valence-corrected chi connectivity index (χ1v) is 12.8. The van der Waals surface area contributed by atoms with E-state index in [2.05, 4.69) is 44.4 Å². The molecule has 1 saturated heterocycles. The molecular formula is C27H33N3O2S. The van der Waals surface area contributed by atoms with Gasteiger partial charge in [0.1, 0.15) is 5.75 Å². The molecule has 3 heterocycles. The van der Waals surface area contributed by atoms with Gasteiger partial charge in [0.15, 0.2) is 0 Å². The molecule has 2 aromatic heterocycles. The summed E-state index contributed by atoms with van der Waals surface area (Å²) in [5.74, 6) is 0.811. The van der Waals surface area contributed by atoms with Crippen LogP contribution in [0.25, 0.3) is 21.0 Å². The first-order valence-electron chi connectivity index (χ1n) is 12.0. The quantitative estimate of drug-likeness (QED) is 0.355. The van der Waals surface area contributed by atoms with Gasteiger partial charge in [0, 0.05) is 54.1 Å². The average molecular weight is 464 g/mol. The summed E-state index contributed by atoms with van der Waals surface area (Å²) >= 11 is 1.82. The Hall–Kier alpha value is -2.83. The van der Waals surface area contributed by atoms with Gasteiger partial charge < -0.3 is 14.6 Å². The van der Waals surface area contributed by atoms with Crippen LogP contribution in [0.4, 0.5) is 5.69 Å². The molecule has 1 fully saturated rings. The number of aromatic nitrogens is 1. The van der Waals surface area contributed by atoms with Gasteiger partial charge in [-0.3, -0.25) is 9.69 Å². The first-order chi connectivity index (χ1) is 16.3. The molecule has 6 heteroatoms. The van der Waals surface area contributed by atoms with E-state index in [0.29, 0.717) is 6.61 Å². The highest BCUT2D eigenvalue weighted by atomic mass is 32.1. The second-order valence-corrected chi connectivity index (χ2v) is 9.01. The summed E-state index contributed by atoms with van der Waals surface area (Å²) < 4.78 is 7.28. The lowest BCUT2D eigenvalue weighted by Gasteiger charge is -2.36. The molecule has 0 amide bonds. The smallest absolute Gasteiger partial charge is 0.248 e. The Kier molecular flexibility index (Phi) is 8.02. The standard InChI is InChI=1S/C25H27N3O2S.C2H6/c29-25-9-7-19-6-8-20(18-22(19)26-25)30-16-2-1-11-27-12-14-28(15-13-27)23-4-3-5-24-21(23)10-17-31-24;1-2/h3-10,17-18H,1-2,11-16H2,(H,26,29);1-2H3. The molecule has 1 N–H and O–H groups in total. The largest absolute Gasteiger partial charge is 0.494 e. The average Bonchev–Trinajstić information content (AvgIpc) is 3.34. The van der Waals surface area contributed by atoms with Gasteiger partial charge in [0.05, 0.1) is 12.1 Å². The predicted octanol–water partition coefficient (Wildman–Crippen LogP) is 5.75. The van der Waals surface area contributed by atoms with Gasteiger partial charge in [-0.1, -0.05) is 19.9 Å². The number of benzene rings is 2. The van der Waals surface area contributed by atoms with Gasteiger partial charge in [-0.15, -0.1) is 11.3 Å². The maximum atomic E-state index is 11.5. The molecular weight excluding hydrogens is 430 g/mol. The van der Waals surface area contributed by atoms with Crippen LogP contribution >= 0.6 is 11.3 Å². The van der Waals surface area contributed by atoms with Gasteiger partial charge in [0.25, 0.3) is 0 Å². The van der Waals surface area contributed by atoms with Gasteiger partial charge >= 0.3 is 0 Å². The second kappa shape index (κ2) is 11.3. The van der Waals surface area contributed by atoms with Crippen molar-refractivity contribution in [3.8, 4) is 5.75 Å². The van der Waals surface area contributed by atoms with Crippen molar-refractivity contribution in [2.45, 2.75) is 26.7 Å². The summed E-state index contributed by atoms with van der Waals surface area (Å²) in [4.78, 5) is 19.4. The Balaban J connectivity index is 0.00000126. The van der Waals surface area contributed by atoms with Gasteiger partial charge in [-0.2, -0.15) is 0 Å². The van der Waals surface area contributed by atoms with Crippen molar-refractivity contribution < 1.29 is 4.74 Å². The monoisotopic (exact) mass is 463 g/mol. The lowest BCUT2D eigenvalue weighted by molar-refractivity contribution is 0.239. The Labute approximate surface area is 199 Å². The molecule has 2 aromatic carbocycles. The minimum atomic E-state index is -0.0863. The van der Waals surface area contributed by atoms with E-state index in [1.165, 1.54) is 15.8 Å². The zero-order valence-corrected chi connectivity index (χ0v) is 20.4. The number of H-pyrrole nitrogens is 1. The van der Waals surface area contributed by atoms with Crippen LogP contribution in [-0.4, -0.2) is 49.2 Å². The molecule has 0 radical (unpaired) electrons. The number of hydrogen-bond acceptors (Lipinski definition) is 5. The third-order valence-electron chi connectivity index (χ3n) is 6.02. The van der Waals surface area contributed by atoms with Crippen LogP contribution in [0.2, 0.25) is 0 Å². The molecule has 33 heavy (non-hydrogen) atoms. The summed E-state index contributed by atoms with van der Waals surface area (Å²) in [6.07, 6.45) is 2.16. The fourth-order valence-electron chi connectivity index (χ4n) is 4.31. The molecule has 0 spiro atoms. The number of fused-ring (bicyclic) bond motifs is 2. The summed E-state index contributed by atoms with van der Waals surface area (Å²) in [5, 5.41) is 4.58. The van der Waals surface area contributed by atoms with E-state index < -0.39 is 0 Å². The number of anilines is 1. The van der Waals surface area contributed by atoms with E-state index in [-0.39, 0.29) is 5.56 Å². The van der Waals surface area contributed by atoms with E-state index in [0.717, 1.165) is 62.2 Å². The molecule has 174 valence electrons. The Bertz CT molecular complexity index is 1220. The predicted molar refractivity (Wildman–Crippen MR) is 141 cm³/mol. The fraction of sp³-hybridized carbons (Fsp3) is 0.370. The number of hydrogen-bond donors (Lipinski definition) is 1. The number of piperazine rings is 1. The molecule has 1 aliphatic heterocycles. The van der Waals surface area contributed by atoms with Crippen LogP contribution in [0.3, 0.4) is 0 Å². The van der Waals surface area contributed by atoms with Crippen LogP contribution in [0, 0.1) is 0 Å². The van der Waals surface area contributed by atoms with Crippen LogP contribution < -0.4 is 15.2 Å². The fourth-order valence-corrected chi connectivity index (χ4v) is 5.12. The van der Waals surface area contributed by atoms with Crippen LogP contribution in [-0.2, 0) is 0 Å². The molecule has 0 atom stereocenters. The number of pyridine rings is 1. The topological polar surface area (TPSA) is 48.6 Å². The minimum absolute atomic E-state index is 0.0863. The van der Waals surface area contributed by atoms with Crippen LogP contribution in [0.15, 0.2) is 64.8 Å². The highest BCUT2D eigenvalue weighted by molar-refractivity contribution is 7.17. The second-order valence-electron chi connectivity index (χ2n) is 8.07. The van der Waals surface area contributed by atoms with Gasteiger partial charge in [-0.25, -0.2) is 0 Å². The lowest BCUT2D eigenvalue weighted by Crippen LogP contribution is -2.46. The molecule has 4 aromatic rings. The number of ether oxygens (including phenoxy) is 1. The molecule has 5 nitrogen and oxygen atoms in total. The highest BCUT2D eigenvalue weighted by Crippen LogP contribution is 2.31. The molecule has 1 aliphatic rings. The highest BCUT2D eigenvalue weighted by Gasteiger charge is 2.18. The number of nitrogens with one attached hydrogen (secondary N) is 1. The minimum Gasteiger partial charge on any atom is -0.494 e. The van der Waals surface area contributed by atoms with Gasteiger partial charge in [-0.05, 0) is 66.6 Å². The number of aromatic amines is 1. The van der Waals surface area contributed by atoms with Crippen molar-refractivity contribution in [3.63, 3.8) is 0 Å². The van der Waals surface area contributed by atoms with Crippen molar-refractivity contribution in [2.24, 2.45) is 0 Å². The SMILES string of the molecule is CC.O=c1ccc2ccc(OCCCCN3CCN(c4cccc5sccc45)CC3)cc2[nH]1. The number of unbranched alkanes of at least 4 members (excludes halogenated alkanes) is 1. The first kappa shape index (κ1) is 23.3. The zero-order chi connectivity index (χ0) is 23.0. The Morgan fingerprint density at radius 3 is 2.64 bits per heavy atom. The normalized spacial score (nSPS) is 14.3. The maximum Gasteiger partial charge on any atom is 0.248 e. The van der Waals surface area contributed by atoms with Crippen molar-refractivity contribution in [1.82, 2.24) is 9.88 Å². The Morgan fingerprint density at radius 2 is 1.79 bits per heavy atom. The maximum absolute atomic E-state index is 11.5. The zero-order valence-electron chi connectivity index (χ0n) is 19.5. The molecule has 0 saturated carbocycles. The van der Waals surface area contributed by atoms with Crippen molar-refractivity contribution in [3.05, 3.63) is 70.3 Å². The van der Waals surface area contributed by atoms with E-state index in [4.69, 9.17) is 4.74 Å². The van der Waals surface area contributed by atoms with Crippen LogP contribution in [0.5, 0.6) is 5.75 Å². The third kappa shape index (κ3) is 5.75. The molecule has 0 unspecified atom stereocenters. The molecule has 5 rings (SSSR count). The number of rotatable bonds is 7. The van der Waals surface area contributed by atoms with Crippen molar-refractivity contribution >= 4 is 38.0 Å². The summed E-state index contributed by atoms with van der Waals surface area (Å²) in [6.45, 7) is 10.2. The molecule has 0 bridgehead atoms. The number of thiophene rings is 1. The van der Waals surface area contributed by atoms with Crippen LogP contribution in [0.1, 0.15) is 26.7 Å². The summed E-state index contributed by atoms with van der Waals surface area (Å²) in [7, 11) is 0. The lowest BCUT2D eigenvalue weighted by atomic mass is 10.2. The Morgan fingerprint density at radius 1 is 0.970 bits per heavy atom.